The molecule has 3 N–H and O–H groups in total. The first kappa shape index (κ1) is 12.2. The molecule has 0 radical (unpaired) electrons. The fourth-order valence-electron chi connectivity index (χ4n) is 2.41. The van der Waals surface area contributed by atoms with Crippen molar-refractivity contribution in [3.8, 4) is 0 Å². The van der Waals surface area contributed by atoms with Crippen molar-refractivity contribution in [2.24, 2.45) is 5.73 Å². The summed E-state index contributed by atoms with van der Waals surface area (Å²) in [5, 5.41) is 4.20. The molecule has 1 fully saturated rings. The Labute approximate surface area is 112 Å². The molecule has 0 saturated heterocycles. The SMILES string of the molecule is NCc1cccc2c1ccn2CCC(=O)NC1CC1. The molecule has 2 aromatic rings. The highest BCUT2D eigenvalue weighted by Crippen LogP contribution is 2.21. The molecule has 1 amide bonds. The Balaban J connectivity index is 1.72. The molecule has 0 unspecified atom stereocenters. The number of hydrogen-bond acceptors (Lipinski definition) is 2. The van der Waals surface area contributed by atoms with Gasteiger partial charge in [-0.05, 0) is 30.5 Å². The normalized spacial score (nSPS) is 14.8. The van der Waals surface area contributed by atoms with E-state index < -0.39 is 0 Å². The lowest BCUT2D eigenvalue weighted by Crippen LogP contribution is -2.26. The second kappa shape index (κ2) is 5.05. The van der Waals surface area contributed by atoms with Gasteiger partial charge in [0.1, 0.15) is 0 Å². The largest absolute Gasteiger partial charge is 0.353 e. The molecule has 1 aromatic heterocycles. The molecule has 1 aliphatic rings. The third-order valence-corrected chi connectivity index (χ3v) is 3.65. The number of amides is 1. The van der Waals surface area contributed by atoms with Crippen LogP contribution in [0, 0.1) is 0 Å². The molecule has 1 saturated carbocycles. The van der Waals surface area contributed by atoms with Crippen LogP contribution in [0.25, 0.3) is 10.9 Å². The number of aromatic nitrogens is 1. The lowest BCUT2D eigenvalue weighted by Gasteiger charge is -2.07. The van der Waals surface area contributed by atoms with E-state index in [0.29, 0.717) is 19.0 Å². The monoisotopic (exact) mass is 257 g/mol. The van der Waals surface area contributed by atoms with Gasteiger partial charge in [-0.15, -0.1) is 0 Å². The highest BCUT2D eigenvalue weighted by atomic mass is 16.1. The first-order valence-corrected chi connectivity index (χ1v) is 6.84. The fraction of sp³-hybridized carbons (Fsp3) is 0.400. The van der Waals surface area contributed by atoms with Crippen LogP contribution in [0.4, 0.5) is 0 Å². The average Bonchev–Trinajstić information content (AvgIpc) is 3.13. The molecule has 0 aliphatic heterocycles. The van der Waals surface area contributed by atoms with Crippen LogP contribution in [-0.2, 0) is 17.9 Å². The van der Waals surface area contributed by atoms with Gasteiger partial charge in [0.15, 0.2) is 0 Å². The summed E-state index contributed by atoms with van der Waals surface area (Å²) in [6, 6.07) is 8.67. The van der Waals surface area contributed by atoms with E-state index in [1.54, 1.807) is 0 Å². The standard InChI is InChI=1S/C15H19N3O/c16-10-11-2-1-3-14-13(11)6-8-18(14)9-7-15(19)17-12-4-5-12/h1-3,6,8,12H,4-5,7,9-10,16H2,(H,17,19). The van der Waals surface area contributed by atoms with Crippen molar-refractivity contribution >= 4 is 16.8 Å². The van der Waals surface area contributed by atoms with Crippen LogP contribution in [0.1, 0.15) is 24.8 Å². The number of carbonyl (C=O) groups is 1. The highest BCUT2D eigenvalue weighted by Gasteiger charge is 2.22. The van der Waals surface area contributed by atoms with Crippen LogP contribution >= 0.6 is 0 Å². The predicted molar refractivity (Wildman–Crippen MR) is 75.6 cm³/mol. The van der Waals surface area contributed by atoms with Gasteiger partial charge < -0.3 is 15.6 Å². The molecule has 19 heavy (non-hydrogen) atoms. The van der Waals surface area contributed by atoms with Crippen LogP contribution in [0.5, 0.6) is 0 Å². The van der Waals surface area contributed by atoms with Gasteiger partial charge in [0, 0.05) is 42.7 Å². The van der Waals surface area contributed by atoms with Crippen LogP contribution in [-0.4, -0.2) is 16.5 Å². The molecule has 1 heterocycles. The zero-order valence-electron chi connectivity index (χ0n) is 10.9. The Kier molecular flexibility index (Phi) is 3.25. The minimum absolute atomic E-state index is 0.152. The van der Waals surface area contributed by atoms with Crippen LogP contribution < -0.4 is 11.1 Å². The number of carbonyl (C=O) groups excluding carboxylic acids is 1. The lowest BCUT2D eigenvalue weighted by atomic mass is 10.1. The molecular weight excluding hydrogens is 238 g/mol. The van der Waals surface area contributed by atoms with E-state index in [0.717, 1.165) is 30.5 Å². The predicted octanol–water partition coefficient (Wildman–Crippen LogP) is 1.77. The molecule has 1 aliphatic carbocycles. The first-order valence-electron chi connectivity index (χ1n) is 6.84. The van der Waals surface area contributed by atoms with E-state index in [1.807, 2.05) is 18.3 Å². The molecule has 1 aromatic carbocycles. The van der Waals surface area contributed by atoms with Gasteiger partial charge in [-0.2, -0.15) is 0 Å². The van der Waals surface area contributed by atoms with E-state index in [9.17, 15) is 4.79 Å². The minimum Gasteiger partial charge on any atom is -0.353 e. The summed E-state index contributed by atoms with van der Waals surface area (Å²) < 4.78 is 2.13. The molecule has 0 spiro atoms. The van der Waals surface area contributed by atoms with E-state index in [-0.39, 0.29) is 5.91 Å². The summed E-state index contributed by atoms with van der Waals surface area (Å²) in [5.74, 6) is 0.152. The van der Waals surface area contributed by atoms with Crippen molar-refractivity contribution in [3.63, 3.8) is 0 Å². The van der Waals surface area contributed by atoms with Gasteiger partial charge in [-0.3, -0.25) is 4.79 Å². The van der Waals surface area contributed by atoms with E-state index in [2.05, 4.69) is 22.0 Å². The fourth-order valence-corrected chi connectivity index (χ4v) is 2.41. The van der Waals surface area contributed by atoms with E-state index in [4.69, 9.17) is 5.73 Å². The number of nitrogens with zero attached hydrogens (tertiary/aromatic N) is 1. The summed E-state index contributed by atoms with van der Waals surface area (Å²) in [6.07, 6.45) is 4.84. The highest BCUT2D eigenvalue weighted by molar-refractivity contribution is 5.84. The third-order valence-electron chi connectivity index (χ3n) is 3.65. The number of hydrogen-bond donors (Lipinski definition) is 2. The van der Waals surface area contributed by atoms with Crippen molar-refractivity contribution in [1.82, 2.24) is 9.88 Å². The Bertz CT molecular complexity index is 598. The smallest absolute Gasteiger partial charge is 0.222 e. The quantitative estimate of drug-likeness (QED) is 0.857. The van der Waals surface area contributed by atoms with Gasteiger partial charge in [-0.1, -0.05) is 12.1 Å². The zero-order chi connectivity index (χ0) is 13.2. The maximum Gasteiger partial charge on any atom is 0.222 e. The molecule has 4 heteroatoms. The number of fused-ring (bicyclic) bond motifs is 1. The summed E-state index contributed by atoms with van der Waals surface area (Å²) in [4.78, 5) is 11.7. The number of nitrogens with two attached hydrogens (primary N) is 1. The molecule has 3 rings (SSSR count). The van der Waals surface area contributed by atoms with Gasteiger partial charge in [0.2, 0.25) is 5.91 Å². The summed E-state index contributed by atoms with van der Waals surface area (Å²) >= 11 is 0. The number of rotatable bonds is 5. The van der Waals surface area contributed by atoms with Crippen LogP contribution in [0.15, 0.2) is 30.5 Å². The van der Waals surface area contributed by atoms with Crippen molar-refractivity contribution in [2.75, 3.05) is 0 Å². The Morgan fingerprint density at radius 2 is 2.21 bits per heavy atom. The average molecular weight is 257 g/mol. The number of benzene rings is 1. The van der Waals surface area contributed by atoms with Crippen molar-refractivity contribution in [3.05, 3.63) is 36.0 Å². The number of aryl methyl sites for hydroxylation is 1. The summed E-state index contributed by atoms with van der Waals surface area (Å²) in [6.45, 7) is 1.26. The van der Waals surface area contributed by atoms with Crippen LogP contribution in [0.2, 0.25) is 0 Å². The number of nitrogens with one attached hydrogen (secondary N) is 1. The molecule has 4 nitrogen and oxygen atoms in total. The maximum absolute atomic E-state index is 11.7. The first-order chi connectivity index (χ1) is 9.28. The lowest BCUT2D eigenvalue weighted by molar-refractivity contribution is -0.121. The minimum atomic E-state index is 0.152. The molecule has 0 atom stereocenters. The van der Waals surface area contributed by atoms with Gasteiger partial charge in [-0.25, -0.2) is 0 Å². The Hall–Kier alpha value is -1.81. The topological polar surface area (TPSA) is 60.0 Å². The second-order valence-electron chi connectivity index (χ2n) is 5.15. The molecule has 0 bridgehead atoms. The van der Waals surface area contributed by atoms with Crippen LogP contribution in [0.3, 0.4) is 0 Å². The van der Waals surface area contributed by atoms with E-state index >= 15 is 0 Å². The summed E-state index contributed by atoms with van der Waals surface area (Å²) in [7, 11) is 0. The van der Waals surface area contributed by atoms with Gasteiger partial charge in [0.05, 0.1) is 0 Å². The third kappa shape index (κ3) is 2.63. The van der Waals surface area contributed by atoms with Crippen molar-refractivity contribution < 1.29 is 4.79 Å². The Morgan fingerprint density at radius 1 is 1.37 bits per heavy atom. The van der Waals surface area contributed by atoms with Gasteiger partial charge >= 0.3 is 0 Å². The molecule has 100 valence electrons. The molecular formula is C15H19N3O. The Morgan fingerprint density at radius 3 is 2.95 bits per heavy atom. The van der Waals surface area contributed by atoms with Gasteiger partial charge in [0.25, 0.3) is 0 Å². The maximum atomic E-state index is 11.7. The van der Waals surface area contributed by atoms with Crippen molar-refractivity contribution in [2.45, 2.75) is 38.4 Å². The van der Waals surface area contributed by atoms with Crippen molar-refractivity contribution in [1.29, 1.82) is 0 Å². The second-order valence-corrected chi connectivity index (χ2v) is 5.15. The summed E-state index contributed by atoms with van der Waals surface area (Å²) in [5.41, 5.74) is 8.04. The zero-order valence-corrected chi connectivity index (χ0v) is 10.9. The van der Waals surface area contributed by atoms with E-state index in [1.165, 1.54) is 5.39 Å².